The van der Waals surface area contributed by atoms with Crippen LogP contribution in [0.5, 0.6) is 0 Å². The van der Waals surface area contributed by atoms with Crippen LogP contribution in [0, 0.1) is 5.92 Å². The van der Waals surface area contributed by atoms with Crippen molar-refractivity contribution in [2.75, 3.05) is 13.7 Å². The molecule has 1 aromatic carbocycles. The van der Waals surface area contributed by atoms with Crippen molar-refractivity contribution in [3.05, 3.63) is 35.4 Å². The number of esters is 2. The van der Waals surface area contributed by atoms with E-state index in [0.717, 1.165) is 12.0 Å². The highest BCUT2D eigenvalue weighted by molar-refractivity contribution is 5.89. The van der Waals surface area contributed by atoms with Gasteiger partial charge in [0.05, 0.1) is 19.3 Å². The van der Waals surface area contributed by atoms with Gasteiger partial charge in [-0.25, -0.2) is 4.79 Å². The molecule has 0 fully saturated rings. The van der Waals surface area contributed by atoms with E-state index in [2.05, 4.69) is 4.74 Å². The Labute approximate surface area is 107 Å². The van der Waals surface area contributed by atoms with Gasteiger partial charge in [0.2, 0.25) is 0 Å². The summed E-state index contributed by atoms with van der Waals surface area (Å²) in [6.07, 6.45) is 0.800. The molecule has 1 atom stereocenters. The third-order valence-corrected chi connectivity index (χ3v) is 2.53. The van der Waals surface area contributed by atoms with E-state index in [-0.39, 0.29) is 17.9 Å². The average Bonchev–Trinajstić information content (AvgIpc) is 2.36. The lowest BCUT2D eigenvalue weighted by Crippen LogP contribution is -2.11. The Balaban J connectivity index is 2.53. The number of rotatable bonds is 5. The van der Waals surface area contributed by atoms with Crippen molar-refractivity contribution in [1.82, 2.24) is 0 Å². The predicted molar refractivity (Wildman–Crippen MR) is 67.3 cm³/mol. The second-order valence-electron chi connectivity index (χ2n) is 4.30. The van der Waals surface area contributed by atoms with Crippen LogP contribution in [0.15, 0.2) is 24.3 Å². The molecule has 0 unspecified atom stereocenters. The molecule has 0 spiro atoms. The van der Waals surface area contributed by atoms with E-state index in [0.29, 0.717) is 12.2 Å². The maximum atomic E-state index is 11.2. The molecule has 0 N–H and O–H groups in total. The van der Waals surface area contributed by atoms with Gasteiger partial charge in [-0.1, -0.05) is 19.1 Å². The molecule has 4 heteroatoms. The van der Waals surface area contributed by atoms with Crippen molar-refractivity contribution in [2.24, 2.45) is 5.92 Å². The molecule has 0 aliphatic rings. The Bertz CT molecular complexity index is 408. The van der Waals surface area contributed by atoms with E-state index >= 15 is 0 Å². The Morgan fingerprint density at radius 2 is 1.83 bits per heavy atom. The highest BCUT2D eigenvalue weighted by Gasteiger charge is 2.08. The molecule has 0 radical (unpaired) electrons. The number of hydrogen-bond acceptors (Lipinski definition) is 4. The fourth-order valence-electron chi connectivity index (χ4n) is 1.62. The van der Waals surface area contributed by atoms with Crippen molar-refractivity contribution >= 4 is 11.9 Å². The Morgan fingerprint density at radius 3 is 2.33 bits per heavy atom. The maximum absolute atomic E-state index is 11.2. The van der Waals surface area contributed by atoms with Crippen LogP contribution in [0.1, 0.15) is 29.8 Å². The van der Waals surface area contributed by atoms with Gasteiger partial charge in [0.1, 0.15) is 0 Å². The largest absolute Gasteiger partial charge is 0.466 e. The first kappa shape index (κ1) is 14.2. The molecule has 1 rings (SSSR count). The highest BCUT2D eigenvalue weighted by atomic mass is 16.5. The van der Waals surface area contributed by atoms with Crippen molar-refractivity contribution in [2.45, 2.75) is 20.3 Å². The van der Waals surface area contributed by atoms with Gasteiger partial charge in [0, 0.05) is 6.92 Å². The number of hydrogen-bond donors (Lipinski definition) is 0. The zero-order chi connectivity index (χ0) is 13.5. The molecule has 0 saturated heterocycles. The van der Waals surface area contributed by atoms with Crippen LogP contribution in [-0.4, -0.2) is 25.7 Å². The van der Waals surface area contributed by atoms with Crippen LogP contribution >= 0.6 is 0 Å². The van der Waals surface area contributed by atoms with Crippen LogP contribution in [-0.2, 0) is 20.7 Å². The van der Waals surface area contributed by atoms with E-state index in [4.69, 9.17) is 4.74 Å². The molecule has 0 heterocycles. The van der Waals surface area contributed by atoms with Crippen LogP contribution in [0.2, 0.25) is 0 Å². The molecule has 0 aliphatic heterocycles. The van der Waals surface area contributed by atoms with Gasteiger partial charge in [-0.3, -0.25) is 4.79 Å². The zero-order valence-corrected chi connectivity index (χ0v) is 10.9. The van der Waals surface area contributed by atoms with E-state index in [1.165, 1.54) is 14.0 Å². The zero-order valence-electron chi connectivity index (χ0n) is 10.9. The lowest BCUT2D eigenvalue weighted by molar-refractivity contribution is -0.142. The first-order valence-corrected chi connectivity index (χ1v) is 5.83. The fraction of sp³-hybridized carbons (Fsp3) is 0.429. The lowest BCUT2D eigenvalue weighted by atomic mass is 10.0. The first-order valence-electron chi connectivity index (χ1n) is 5.83. The molecule has 0 saturated carbocycles. The summed E-state index contributed by atoms with van der Waals surface area (Å²) in [5.41, 5.74) is 1.64. The normalized spacial score (nSPS) is 11.7. The summed E-state index contributed by atoms with van der Waals surface area (Å²) in [7, 11) is 1.36. The summed E-state index contributed by atoms with van der Waals surface area (Å²) >= 11 is 0. The van der Waals surface area contributed by atoms with Gasteiger partial charge in [0.25, 0.3) is 0 Å². The predicted octanol–water partition coefficient (Wildman–Crippen LogP) is 2.21. The Morgan fingerprint density at radius 1 is 1.22 bits per heavy atom. The highest BCUT2D eigenvalue weighted by Crippen LogP contribution is 2.11. The molecule has 0 bridgehead atoms. The number of ether oxygens (including phenoxy) is 2. The van der Waals surface area contributed by atoms with Gasteiger partial charge in [-0.15, -0.1) is 0 Å². The second-order valence-corrected chi connectivity index (χ2v) is 4.30. The first-order chi connectivity index (χ1) is 8.52. The molecular formula is C14H18O4. The van der Waals surface area contributed by atoms with Gasteiger partial charge in [-0.05, 0) is 30.0 Å². The van der Waals surface area contributed by atoms with Gasteiger partial charge < -0.3 is 9.47 Å². The van der Waals surface area contributed by atoms with E-state index < -0.39 is 0 Å². The van der Waals surface area contributed by atoms with Gasteiger partial charge >= 0.3 is 11.9 Å². The van der Waals surface area contributed by atoms with Crippen LogP contribution in [0.4, 0.5) is 0 Å². The van der Waals surface area contributed by atoms with Crippen molar-refractivity contribution in [3.63, 3.8) is 0 Å². The third kappa shape index (κ3) is 4.57. The standard InChI is InChI=1S/C14H18O4/c1-10(9-18-11(2)15)8-12-4-6-13(7-5-12)14(16)17-3/h4-7,10H,8-9H2,1-3H3/t10-/m0/s1. The molecule has 0 amide bonds. The van der Waals surface area contributed by atoms with Crippen molar-refractivity contribution < 1.29 is 19.1 Å². The minimum Gasteiger partial charge on any atom is -0.466 e. The summed E-state index contributed by atoms with van der Waals surface area (Å²) < 4.78 is 9.57. The quantitative estimate of drug-likeness (QED) is 0.752. The van der Waals surface area contributed by atoms with Crippen LogP contribution < -0.4 is 0 Å². The molecule has 1 aromatic rings. The Kier molecular flexibility index (Phi) is 5.36. The molecule has 0 aliphatic carbocycles. The molecular weight excluding hydrogens is 232 g/mol. The summed E-state index contributed by atoms with van der Waals surface area (Å²) in [4.78, 5) is 21.9. The van der Waals surface area contributed by atoms with Crippen molar-refractivity contribution in [3.8, 4) is 0 Å². The van der Waals surface area contributed by atoms with E-state index in [9.17, 15) is 9.59 Å². The molecule has 18 heavy (non-hydrogen) atoms. The SMILES string of the molecule is COC(=O)c1ccc(C[C@H](C)COC(C)=O)cc1. The van der Waals surface area contributed by atoms with Gasteiger partial charge in [-0.2, -0.15) is 0 Å². The summed E-state index contributed by atoms with van der Waals surface area (Å²) in [5.74, 6) is -0.352. The summed E-state index contributed by atoms with van der Waals surface area (Å²) in [6, 6.07) is 7.24. The summed E-state index contributed by atoms with van der Waals surface area (Å²) in [6.45, 7) is 3.82. The van der Waals surface area contributed by atoms with Crippen molar-refractivity contribution in [1.29, 1.82) is 0 Å². The Hall–Kier alpha value is -1.84. The number of methoxy groups -OCH3 is 1. The number of carbonyl (C=O) groups excluding carboxylic acids is 2. The number of benzene rings is 1. The monoisotopic (exact) mass is 250 g/mol. The molecule has 0 aromatic heterocycles. The topological polar surface area (TPSA) is 52.6 Å². The van der Waals surface area contributed by atoms with E-state index in [1.54, 1.807) is 12.1 Å². The third-order valence-electron chi connectivity index (χ3n) is 2.53. The molecule has 4 nitrogen and oxygen atoms in total. The van der Waals surface area contributed by atoms with E-state index in [1.807, 2.05) is 19.1 Å². The maximum Gasteiger partial charge on any atom is 0.337 e. The fourth-order valence-corrected chi connectivity index (χ4v) is 1.62. The van der Waals surface area contributed by atoms with Gasteiger partial charge in [0.15, 0.2) is 0 Å². The lowest BCUT2D eigenvalue weighted by Gasteiger charge is -2.11. The molecule has 98 valence electrons. The minimum atomic E-state index is -0.338. The van der Waals surface area contributed by atoms with Crippen LogP contribution in [0.3, 0.4) is 0 Å². The smallest absolute Gasteiger partial charge is 0.337 e. The summed E-state index contributed by atoms with van der Waals surface area (Å²) in [5, 5.41) is 0. The number of carbonyl (C=O) groups is 2. The second kappa shape index (κ2) is 6.79. The minimum absolute atomic E-state index is 0.248. The average molecular weight is 250 g/mol. The van der Waals surface area contributed by atoms with Crippen LogP contribution in [0.25, 0.3) is 0 Å².